The summed E-state index contributed by atoms with van der Waals surface area (Å²) in [6.07, 6.45) is 0.683. The molecule has 0 bridgehead atoms. The summed E-state index contributed by atoms with van der Waals surface area (Å²) < 4.78 is 4.91. The SMILES string of the molecule is COc1cc(C#CCC=O)c(N)c([N+](=O)[O-])c1. The smallest absolute Gasteiger partial charge is 0.297 e. The predicted molar refractivity (Wildman–Crippen MR) is 61.6 cm³/mol. The molecule has 17 heavy (non-hydrogen) atoms. The first-order valence-corrected chi connectivity index (χ1v) is 4.64. The van der Waals surface area contributed by atoms with E-state index in [-0.39, 0.29) is 23.4 Å². The minimum Gasteiger partial charge on any atom is -0.496 e. The van der Waals surface area contributed by atoms with Crippen LogP contribution in [-0.4, -0.2) is 18.3 Å². The van der Waals surface area contributed by atoms with E-state index in [0.29, 0.717) is 12.0 Å². The van der Waals surface area contributed by atoms with Crippen molar-refractivity contribution in [2.75, 3.05) is 12.8 Å². The number of nitrogens with two attached hydrogens (primary N) is 1. The van der Waals surface area contributed by atoms with E-state index in [0.717, 1.165) is 0 Å². The van der Waals surface area contributed by atoms with Gasteiger partial charge in [0, 0.05) is 0 Å². The lowest BCUT2D eigenvalue weighted by Gasteiger charge is -2.04. The van der Waals surface area contributed by atoms with Crippen LogP contribution in [0.3, 0.4) is 0 Å². The Hall–Kier alpha value is -2.55. The van der Waals surface area contributed by atoms with Gasteiger partial charge in [-0.25, -0.2) is 0 Å². The first-order chi connectivity index (χ1) is 8.10. The van der Waals surface area contributed by atoms with Crippen molar-refractivity contribution < 1.29 is 14.5 Å². The molecule has 1 aromatic rings. The highest BCUT2D eigenvalue weighted by atomic mass is 16.6. The highest BCUT2D eigenvalue weighted by Crippen LogP contribution is 2.30. The average Bonchev–Trinajstić information content (AvgIpc) is 2.31. The van der Waals surface area contributed by atoms with E-state index in [9.17, 15) is 14.9 Å². The Bertz CT molecular complexity index is 514. The molecule has 0 fully saturated rings. The van der Waals surface area contributed by atoms with Gasteiger partial charge in [-0.3, -0.25) is 10.1 Å². The van der Waals surface area contributed by atoms with Crippen LogP contribution < -0.4 is 10.5 Å². The first-order valence-electron chi connectivity index (χ1n) is 4.64. The molecule has 6 nitrogen and oxygen atoms in total. The van der Waals surface area contributed by atoms with Crippen LogP contribution >= 0.6 is 0 Å². The highest BCUT2D eigenvalue weighted by molar-refractivity contribution is 5.71. The molecule has 0 saturated heterocycles. The van der Waals surface area contributed by atoms with Crippen molar-refractivity contribution in [3.63, 3.8) is 0 Å². The van der Waals surface area contributed by atoms with Gasteiger partial charge >= 0.3 is 0 Å². The van der Waals surface area contributed by atoms with Crippen molar-refractivity contribution in [2.45, 2.75) is 6.42 Å². The van der Waals surface area contributed by atoms with Crippen molar-refractivity contribution in [3.05, 3.63) is 27.8 Å². The maximum absolute atomic E-state index is 10.7. The van der Waals surface area contributed by atoms with E-state index in [1.54, 1.807) is 0 Å². The van der Waals surface area contributed by atoms with Crippen LogP contribution in [0.1, 0.15) is 12.0 Å². The third-order valence-electron chi connectivity index (χ3n) is 1.97. The number of benzene rings is 1. The Kier molecular flexibility index (Phi) is 4.06. The zero-order valence-electron chi connectivity index (χ0n) is 9.10. The molecule has 2 N–H and O–H groups in total. The van der Waals surface area contributed by atoms with Crippen LogP contribution in [0.4, 0.5) is 11.4 Å². The van der Waals surface area contributed by atoms with Crippen LogP contribution in [-0.2, 0) is 4.79 Å². The number of nitrogens with zero attached hydrogens (tertiary/aromatic N) is 1. The number of nitro benzene ring substituents is 1. The molecule has 0 aliphatic heterocycles. The first kappa shape index (κ1) is 12.5. The summed E-state index contributed by atoms with van der Waals surface area (Å²) in [5, 5.41) is 10.7. The van der Waals surface area contributed by atoms with Gasteiger partial charge in [0.1, 0.15) is 17.7 Å². The summed E-state index contributed by atoms with van der Waals surface area (Å²) >= 11 is 0. The third-order valence-corrected chi connectivity index (χ3v) is 1.97. The van der Waals surface area contributed by atoms with Gasteiger partial charge in [0.2, 0.25) is 0 Å². The van der Waals surface area contributed by atoms with E-state index in [4.69, 9.17) is 10.5 Å². The number of hydrogen-bond donors (Lipinski definition) is 1. The van der Waals surface area contributed by atoms with Gasteiger partial charge in [0.25, 0.3) is 5.69 Å². The Morgan fingerprint density at radius 2 is 2.29 bits per heavy atom. The second-order valence-electron chi connectivity index (χ2n) is 3.04. The second-order valence-corrected chi connectivity index (χ2v) is 3.04. The van der Waals surface area contributed by atoms with E-state index in [1.165, 1.54) is 19.2 Å². The third kappa shape index (κ3) is 2.95. The van der Waals surface area contributed by atoms with Crippen molar-refractivity contribution in [1.82, 2.24) is 0 Å². The molecule has 0 spiro atoms. The lowest BCUT2D eigenvalue weighted by Crippen LogP contribution is -1.99. The Morgan fingerprint density at radius 3 is 2.82 bits per heavy atom. The molecule has 0 saturated carbocycles. The minimum absolute atomic E-state index is 0.0331. The molecule has 0 aliphatic carbocycles. The molecule has 6 heteroatoms. The van der Waals surface area contributed by atoms with Crippen LogP contribution in [0, 0.1) is 22.0 Å². The molecular weight excluding hydrogens is 224 g/mol. The van der Waals surface area contributed by atoms with Crippen LogP contribution in [0.5, 0.6) is 5.75 Å². The monoisotopic (exact) mass is 234 g/mol. The molecule has 0 amide bonds. The summed E-state index contributed by atoms with van der Waals surface area (Å²) in [6, 6.07) is 2.71. The molecule has 0 atom stereocenters. The lowest BCUT2D eigenvalue weighted by molar-refractivity contribution is -0.384. The van der Waals surface area contributed by atoms with Gasteiger partial charge < -0.3 is 15.3 Å². The van der Waals surface area contributed by atoms with Crippen LogP contribution in [0.2, 0.25) is 0 Å². The molecule has 1 aromatic carbocycles. The Balaban J connectivity index is 3.30. The second kappa shape index (κ2) is 5.51. The number of carbonyl (C=O) groups excluding carboxylic acids is 1. The van der Waals surface area contributed by atoms with E-state index >= 15 is 0 Å². The molecule has 0 heterocycles. The quantitative estimate of drug-likeness (QED) is 0.278. The fourth-order valence-electron chi connectivity index (χ4n) is 1.17. The van der Waals surface area contributed by atoms with Gasteiger partial charge in [0.15, 0.2) is 0 Å². The highest BCUT2D eigenvalue weighted by Gasteiger charge is 2.16. The maximum Gasteiger partial charge on any atom is 0.297 e. The topological polar surface area (TPSA) is 95.5 Å². The zero-order chi connectivity index (χ0) is 12.8. The number of hydrogen-bond acceptors (Lipinski definition) is 5. The number of nitrogen functional groups attached to an aromatic ring is 1. The van der Waals surface area contributed by atoms with Crippen LogP contribution in [0.25, 0.3) is 0 Å². The van der Waals surface area contributed by atoms with Crippen molar-refractivity contribution in [3.8, 4) is 17.6 Å². The number of nitro groups is 1. The van der Waals surface area contributed by atoms with Gasteiger partial charge in [-0.15, -0.1) is 0 Å². The number of carbonyl (C=O) groups is 1. The van der Waals surface area contributed by atoms with Crippen molar-refractivity contribution in [1.29, 1.82) is 0 Å². The van der Waals surface area contributed by atoms with Gasteiger partial charge in [-0.05, 0) is 6.07 Å². The van der Waals surface area contributed by atoms with Gasteiger partial charge in [-0.2, -0.15) is 0 Å². The van der Waals surface area contributed by atoms with Crippen molar-refractivity contribution >= 4 is 17.7 Å². The summed E-state index contributed by atoms with van der Waals surface area (Å²) in [4.78, 5) is 20.2. The number of aldehydes is 1. The zero-order valence-corrected chi connectivity index (χ0v) is 9.10. The average molecular weight is 234 g/mol. The lowest BCUT2D eigenvalue weighted by atomic mass is 10.1. The van der Waals surface area contributed by atoms with Crippen LogP contribution in [0.15, 0.2) is 12.1 Å². The number of rotatable bonds is 3. The Morgan fingerprint density at radius 1 is 1.59 bits per heavy atom. The van der Waals surface area contributed by atoms with Gasteiger partial charge in [-0.1, -0.05) is 11.8 Å². The summed E-state index contributed by atoms with van der Waals surface area (Å²) in [5.41, 5.74) is 5.58. The Labute approximate surface area is 97.5 Å². The number of methoxy groups -OCH3 is 1. The number of ether oxygens (including phenoxy) is 1. The normalized spacial score (nSPS) is 9.00. The fraction of sp³-hybridized carbons (Fsp3) is 0.182. The van der Waals surface area contributed by atoms with E-state index in [2.05, 4.69) is 11.8 Å². The molecule has 0 aliphatic rings. The predicted octanol–water partition coefficient (Wildman–Crippen LogP) is 1.13. The summed E-state index contributed by atoms with van der Waals surface area (Å²) in [6.45, 7) is 0. The standard InChI is InChI=1S/C11H10N2O4/c1-17-9-6-8(4-2-3-5-14)11(12)10(7-9)13(15)16/h5-7H,3,12H2,1H3. The largest absolute Gasteiger partial charge is 0.496 e. The molecule has 88 valence electrons. The van der Waals surface area contributed by atoms with E-state index in [1.807, 2.05) is 0 Å². The van der Waals surface area contributed by atoms with Crippen molar-refractivity contribution in [2.24, 2.45) is 0 Å². The number of anilines is 1. The fourth-order valence-corrected chi connectivity index (χ4v) is 1.17. The summed E-state index contributed by atoms with van der Waals surface area (Å²) in [7, 11) is 1.39. The molecular formula is C11H10N2O4. The van der Waals surface area contributed by atoms with Gasteiger partial charge in [0.05, 0.1) is 30.1 Å². The molecule has 0 radical (unpaired) electrons. The molecule has 0 unspecified atom stereocenters. The summed E-state index contributed by atoms with van der Waals surface area (Å²) in [5.74, 6) is 5.42. The molecule has 1 rings (SSSR count). The minimum atomic E-state index is -0.608. The maximum atomic E-state index is 10.7. The van der Waals surface area contributed by atoms with E-state index < -0.39 is 4.92 Å². The molecule has 0 aromatic heterocycles.